The van der Waals surface area contributed by atoms with E-state index < -0.39 is 5.09 Å². The summed E-state index contributed by atoms with van der Waals surface area (Å²) in [6.45, 7) is 3.39. The van der Waals surface area contributed by atoms with Crippen molar-refractivity contribution >= 4 is 0 Å². The van der Waals surface area contributed by atoms with Gasteiger partial charge in [-0.2, -0.15) is 0 Å². The largest absolute Gasteiger partial charge is 0.356 e. The maximum Gasteiger partial charge on any atom is 0.243 e. The van der Waals surface area contributed by atoms with Crippen LogP contribution in [0, 0.1) is 15.3 Å². The highest BCUT2D eigenvalue weighted by Gasteiger charge is 1.97. The van der Waals surface area contributed by atoms with Crippen molar-refractivity contribution in [2.75, 3.05) is 0 Å². The average molecular weight is 215 g/mol. The van der Waals surface area contributed by atoms with Crippen LogP contribution >= 0.6 is 0 Å². The Bertz CT molecular complexity index is 282. The lowest BCUT2D eigenvalue weighted by Gasteiger charge is -1.93. The van der Waals surface area contributed by atoms with E-state index in [1.807, 2.05) is 0 Å². The van der Waals surface area contributed by atoms with Crippen molar-refractivity contribution in [1.29, 1.82) is 0 Å². The minimum absolute atomic E-state index is 1.16. The number of aryl methyl sites for hydroxylation is 2. The van der Waals surface area contributed by atoms with Gasteiger partial charge in [0, 0.05) is 0 Å². The van der Waals surface area contributed by atoms with Gasteiger partial charge in [0.15, 0.2) is 0 Å². The van der Waals surface area contributed by atoms with Crippen LogP contribution in [0.25, 0.3) is 0 Å². The molecule has 0 aliphatic heterocycles. The molecule has 0 radical (unpaired) electrons. The van der Waals surface area contributed by atoms with Crippen molar-refractivity contribution < 1.29 is 9.65 Å². The summed E-state index contributed by atoms with van der Waals surface area (Å²) in [5.41, 5.74) is 0. The van der Waals surface area contributed by atoms with E-state index in [-0.39, 0.29) is 0 Å². The van der Waals surface area contributed by atoms with Crippen LogP contribution in [0.3, 0.4) is 0 Å². The molecule has 0 amide bonds. The predicted octanol–water partition coefficient (Wildman–Crippen LogP) is 1.26. The molecule has 0 aliphatic rings. The third-order valence-electron chi connectivity index (χ3n) is 1.84. The first kappa shape index (κ1) is 13.4. The first-order chi connectivity index (χ1) is 7.06. The fourth-order valence-corrected chi connectivity index (χ4v) is 1.18. The Hall–Kier alpha value is -1.59. The summed E-state index contributed by atoms with van der Waals surface area (Å²) in [5, 5.41) is 14.8. The van der Waals surface area contributed by atoms with Gasteiger partial charge in [0.2, 0.25) is 6.33 Å². The molecule has 0 saturated heterocycles. The summed E-state index contributed by atoms with van der Waals surface area (Å²) in [7, 11) is 2.05. The van der Waals surface area contributed by atoms with Crippen molar-refractivity contribution in [1.82, 2.24) is 4.57 Å². The molecule has 6 nitrogen and oxygen atoms in total. The fourth-order valence-electron chi connectivity index (χ4n) is 1.18. The van der Waals surface area contributed by atoms with Gasteiger partial charge < -0.3 is 15.3 Å². The van der Waals surface area contributed by atoms with Crippen molar-refractivity contribution in [2.45, 2.75) is 32.7 Å². The molecule has 15 heavy (non-hydrogen) atoms. The summed E-state index contributed by atoms with van der Waals surface area (Å²) in [6.07, 6.45) is 10.2. The molecule has 0 aliphatic carbocycles. The minimum atomic E-state index is -1.75. The molecular weight excluding hydrogens is 198 g/mol. The number of imidazole rings is 1. The van der Waals surface area contributed by atoms with Gasteiger partial charge >= 0.3 is 0 Å². The monoisotopic (exact) mass is 215 g/mol. The Labute approximate surface area is 88.9 Å². The van der Waals surface area contributed by atoms with Gasteiger partial charge in [-0.3, -0.25) is 0 Å². The third kappa shape index (κ3) is 8.73. The standard InChI is InChI=1S/C9H17N2.NO3/c1-3-4-5-6-11-8-7-10(2)9-11;2-1(3)4/h7-9H,3-6H2,1-2H3;/q+1;-1. The molecule has 1 aromatic rings. The Balaban J connectivity index is 0.000000423. The van der Waals surface area contributed by atoms with Crippen molar-refractivity contribution in [3.63, 3.8) is 0 Å². The van der Waals surface area contributed by atoms with E-state index >= 15 is 0 Å². The first-order valence-corrected chi connectivity index (χ1v) is 4.88. The fraction of sp³-hybridized carbons (Fsp3) is 0.667. The second-order valence-electron chi connectivity index (χ2n) is 3.25. The zero-order valence-electron chi connectivity index (χ0n) is 9.13. The molecule has 1 heterocycles. The molecule has 1 aromatic heterocycles. The second kappa shape index (κ2) is 7.78. The number of nitrogens with zero attached hydrogens (tertiary/aromatic N) is 3. The zero-order valence-corrected chi connectivity index (χ0v) is 9.13. The molecule has 0 bridgehead atoms. The van der Waals surface area contributed by atoms with Crippen molar-refractivity contribution in [3.05, 3.63) is 34.0 Å². The number of rotatable bonds is 4. The molecule has 0 N–H and O–H groups in total. The Morgan fingerprint density at radius 2 is 2.00 bits per heavy atom. The lowest BCUT2D eigenvalue weighted by Crippen LogP contribution is -2.23. The smallest absolute Gasteiger partial charge is 0.243 e. The van der Waals surface area contributed by atoms with E-state index in [2.05, 4.69) is 41.8 Å². The number of hydrogen-bond donors (Lipinski definition) is 0. The van der Waals surface area contributed by atoms with Gasteiger partial charge in [-0.25, -0.2) is 9.13 Å². The van der Waals surface area contributed by atoms with Crippen LogP contribution in [0.5, 0.6) is 0 Å². The normalized spacial score (nSPS) is 9.20. The quantitative estimate of drug-likeness (QED) is 0.328. The molecule has 86 valence electrons. The summed E-state index contributed by atoms with van der Waals surface area (Å²) in [5.74, 6) is 0. The third-order valence-corrected chi connectivity index (χ3v) is 1.84. The SMILES string of the molecule is CCCCCn1cc[n+](C)c1.O=[N+]([O-])[O-]. The Morgan fingerprint density at radius 3 is 2.40 bits per heavy atom. The van der Waals surface area contributed by atoms with Crippen LogP contribution in [0.4, 0.5) is 0 Å². The Kier molecular flexibility index (Phi) is 6.96. The molecule has 0 aromatic carbocycles. The van der Waals surface area contributed by atoms with Gasteiger partial charge in [0.1, 0.15) is 12.4 Å². The van der Waals surface area contributed by atoms with Crippen LogP contribution < -0.4 is 4.57 Å². The summed E-state index contributed by atoms with van der Waals surface area (Å²) < 4.78 is 4.31. The first-order valence-electron chi connectivity index (χ1n) is 4.88. The van der Waals surface area contributed by atoms with E-state index in [1.165, 1.54) is 19.3 Å². The van der Waals surface area contributed by atoms with Crippen molar-refractivity contribution in [3.8, 4) is 0 Å². The number of aromatic nitrogens is 2. The molecule has 0 spiro atoms. The topological polar surface area (TPSA) is 75.0 Å². The number of unbranched alkanes of at least 4 members (excludes halogenated alkanes) is 2. The molecule has 6 heteroatoms. The van der Waals surface area contributed by atoms with Crippen LogP contribution in [-0.2, 0) is 13.6 Å². The van der Waals surface area contributed by atoms with Crippen LogP contribution in [0.1, 0.15) is 26.2 Å². The lowest BCUT2D eigenvalue weighted by molar-refractivity contribution is -0.671. The highest BCUT2D eigenvalue weighted by atomic mass is 16.9. The molecule has 0 saturated carbocycles. The van der Waals surface area contributed by atoms with Gasteiger partial charge in [0.25, 0.3) is 0 Å². The van der Waals surface area contributed by atoms with E-state index in [1.54, 1.807) is 0 Å². The zero-order chi connectivity index (χ0) is 11.7. The van der Waals surface area contributed by atoms with Crippen LogP contribution in [-0.4, -0.2) is 9.65 Å². The maximum atomic E-state index is 8.25. The maximum absolute atomic E-state index is 8.25. The predicted molar refractivity (Wildman–Crippen MR) is 55.5 cm³/mol. The van der Waals surface area contributed by atoms with Gasteiger partial charge in [0.05, 0.1) is 18.7 Å². The summed E-state index contributed by atoms with van der Waals surface area (Å²) in [6, 6.07) is 0. The lowest BCUT2D eigenvalue weighted by atomic mass is 10.2. The summed E-state index contributed by atoms with van der Waals surface area (Å²) in [4.78, 5) is 8.25. The van der Waals surface area contributed by atoms with Crippen LogP contribution in [0.15, 0.2) is 18.7 Å². The summed E-state index contributed by atoms with van der Waals surface area (Å²) >= 11 is 0. The highest BCUT2D eigenvalue weighted by molar-refractivity contribution is 4.65. The minimum Gasteiger partial charge on any atom is -0.356 e. The second-order valence-corrected chi connectivity index (χ2v) is 3.25. The van der Waals surface area contributed by atoms with Crippen LogP contribution in [0.2, 0.25) is 0 Å². The number of hydrogen-bond acceptors (Lipinski definition) is 3. The average Bonchev–Trinajstić information content (AvgIpc) is 2.51. The molecule has 0 atom stereocenters. The van der Waals surface area contributed by atoms with Gasteiger partial charge in [-0.15, -0.1) is 0 Å². The van der Waals surface area contributed by atoms with Gasteiger partial charge in [-0.1, -0.05) is 13.3 Å². The molecular formula is C9H17N3O3. The molecule has 1 rings (SSSR count). The van der Waals surface area contributed by atoms with E-state index in [0.717, 1.165) is 6.54 Å². The Morgan fingerprint density at radius 1 is 1.40 bits per heavy atom. The van der Waals surface area contributed by atoms with E-state index in [9.17, 15) is 0 Å². The highest BCUT2D eigenvalue weighted by Crippen LogP contribution is 1.96. The van der Waals surface area contributed by atoms with Crippen molar-refractivity contribution in [2.24, 2.45) is 7.05 Å². The molecule has 0 fully saturated rings. The van der Waals surface area contributed by atoms with E-state index in [0.29, 0.717) is 0 Å². The van der Waals surface area contributed by atoms with Gasteiger partial charge in [-0.05, 0) is 12.8 Å². The van der Waals surface area contributed by atoms with E-state index in [4.69, 9.17) is 15.3 Å². The molecule has 0 unspecified atom stereocenters.